The van der Waals surface area contributed by atoms with Crippen molar-refractivity contribution in [2.24, 2.45) is 5.92 Å². The standard InChI is InChI=1S/C34H40N4O4/c1-24(2)30(32(40)41)35(4)33(42)36-20-21-37(25(3)22-36)31(39)29-23-38(29)34(26-14-8-5-9-15-26,27-16-10-6-11-17-27)28-18-12-7-13-19-28/h5-19,24-25,29-30H,20-23H2,1-4H3,(H,40,41)/t25-,29+,30-,38?/m0/s1. The number of aliphatic carboxylic acids is 1. The molecule has 0 aromatic heterocycles. The maximum Gasteiger partial charge on any atom is 0.326 e. The summed E-state index contributed by atoms with van der Waals surface area (Å²) >= 11 is 0. The number of carbonyl (C=O) groups excluding carboxylic acids is 2. The minimum absolute atomic E-state index is 0.0562. The predicted octanol–water partition coefficient (Wildman–Crippen LogP) is 4.36. The van der Waals surface area contributed by atoms with Crippen LogP contribution in [0, 0.1) is 5.92 Å². The number of carboxylic acid groups (broad SMARTS) is 1. The fourth-order valence-electron chi connectivity index (χ4n) is 6.65. The molecule has 0 aliphatic carbocycles. The van der Waals surface area contributed by atoms with Gasteiger partial charge in [-0.25, -0.2) is 9.59 Å². The first kappa shape index (κ1) is 29.3. The van der Waals surface area contributed by atoms with Gasteiger partial charge in [-0.15, -0.1) is 0 Å². The van der Waals surface area contributed by atoms with Crippen LogP contribution in [0.1, 0.15) is 37.5 Å². The van der Waals surface area contributed by atoms with Crippen molar-refractivity contribution in [1.29, 1.82) is 0 Å². The van der Waals surface area contributed by atoms with Crippen molar-refractivity contribution in [2.45, 2.75) is 44.4 Å². The number of likely N-dealkylation sites (N-methyl/N-ethyl adjacent to an activating group) is 1. The molecule has 1 unspecified atom stereocenters. The van der Waals surface area contributed by atoms with Gasteiger partial charge in [0.25, 0.3) is 0 Å². The molecule has 2 saturated heterocycles. The highest BCUT2D eigenvalue weighted by molar-refractivity contribution is 5.87. The third-order valence-corrected chi connectivity index (χ3v) is 8.69. The number of hydrogen-bond acceptors (Lipinski definition) is 4. The highest BCUT2D eigenvalue weighted by atomic mass is 16.4. The van der Waals surface area contributed by atoms with Crippen LogP contribution in [-0.4, -0.2) is 94.0 Å². The highest BCUT2D eigenvalue weighted by Gasteiger charge is 2.57. The Kier molecular flexibility index (Phi) is 8.36. The first-order chi connectivity index (χ1) is 20.2. The van der Waals surface area contributed by atoms with Crippen molar-refractivity contribution in [1.82, 2.24) is 19.6 Å². The van der Waals surface area contributed by atoms with E-state index in [1.54, 1.807) is 25.8 Å². The van der Waals surface area contributed by atoms with Gasteiger partial charge in [0.2, 0.25) is 5.91 Å². The number of rotatable bonds is 8. The fraction of sp³-hybridized carbons (Fsp3) is 0.382. The molecule has 4 atom stereocenters. The fourth-order valence-corrected chi connectivity index (χ4v) is 6.65. The lowest BCUT2D eigenvalue weighted by molar-refractivity contribution is -0.143. The van der Waals surface area contributed by atoms with Crippen LogP contribution in [0.4, 0.5) is 4.79 Å². The Labute approximate surface area is 248 Å². The molecule has 3 aromatic carbocycles. The number of amides is 3. The smallest absolute Gasteiger partial charge is 0.326 e. The van der Waals surface area contributed by atoms with Crippen LogP contribution in [0.2, 0.25) is 0 Å². The van der Waals surface area contributed by atoms with E-state index in [0.29, 0.717) is 26.2 Å². The van der Waals surface area contributed by atoms with Crippen molar-refractivity contribution in [2.75, 3.05) is 33.2 Å². The average molecular weight is 569 g/mol. The van der Waals surface area contributed by atoms with Crippen molar-refractivity contribution >= 4 is 17.9 Å². The molecule has 0 spiro atoms. The minimum atomic E-state index is -1.02. The summed E-state index contributed by atoms with van der Waals surface area (Å²) in [6.07, 6.45) is 0. The summed E-state index contributed by atoms with van der Waals surface area (Å²) < 4.78 is 0. The molecule has 0 radical (unpaired) electrons. The molecule has 42 heavy (non-hydrogen) atoms. The Morgan fingerprint density at radius 1 is 0.810 bits per heavy atom. The molecule has 0 bridgehead atoms. The van der Waals surface area contributed by atoms with Crippen molar-refractivity contribution in [3.63, 3.8) is 0 Å². The van der Waals surface area contributed by atoms with Gasteiger partial charge in [-0.1, -0.05) is 105 Å². The van der Waals surface area contributed by atoms with E-state index in [0.717, 1.165) is 16.7 Å². The van der Waals surface area contributed by atoms with Crippen molar-refractivity contribution < 1.29 is 19.5 Å². The zero-order valence-corrected chi connectivity index (χ0v) is 24.8. The summed E-state index contributed by atoms with van der Waals surface area (Å²) in [5, 5.41) is 9.66. The average Bonchev–Trinajstić information content (AvgIpc) is 3.79. The van der Waals surface area contributed by atoms with Gasteiger partial charge in [0.1, 0.15) is 12.1 Å². The van der Waals surface area contributed by atoms with Crippen LogP contribution in [0.5, 0.6) is 0 Å². The van der Waals surface area contributed by atoms with E-state index in [1.165, 1.54) is 4.90 Å². The third kappa shape index (κ3) is 5.27. The van der Waals surface area contributed by atoms with Gasteiger partial charge in [0.05, 0.1) is 5.54 Å². The van der Waals surface area contributed by atoms with E-state index < -0.39 is 17.6 Å². The number of hydrogen-bond donors (Lipinski definition) is 1. The monoisotopic (exact) mass is 568 g/mol. The van der Waals surface area contributed by atoms with E-state index in [1.807, 2.05) is 66.4 Å². The van der Waals surface area contributed by atoms with Crippen LogP contribution < -0.4 is 0 Å². The molecule has 2 fully saturated rings. The lowest BCUT2D eigenvalue weighted by atomic mass is 9.76. The molecule has 3 aromatic rings. The number of piperazine rings is 1. The van der Waals surface area contributed by atoms with Crippen LogP contribution >= 0.6 is 0 Å². The van der Waals surface area contributed by atoms with Gasteiger partial charge >= 0.3 is 12.0 Å². The van der Waals surface area contributed by atoms with E-state index in [2.05, 4.69) is 41.3 Å². The molecule has 2 aliphatic heterocycles. The Morgan fingerprint density at radius 3 is 1.69 bits per heavy atom. The van der Waals surface area contributed by atoms with Gasteiger partial charge in [0, 0.05) is 39.3 Å². The van der Waals surface area contributed by atoms with Gasteiger partial charge in [-0.2, -0.15) is 0 Å². The number of nitrogens with zero attached hydrogens (tertiary/aromatic N) is 4. The zero-order chi connectivity index (χ0) is 30.0. The second-order valence-corrected chi connectivity index (χ2v) is 11.7. The van der Waals surface area contributed by atoms with Gasteiger partial charge < -0.3 is 19.8 Å². The molecule has 1 N–H and O–H groups in total. The molecule has 5 rings (SSSR count). The van der Waals surface area contributed by atoms with E-state index in [9.17, 15) is 19.5 Å². The molecular formula is C34H40N4O4. The van der Waals surface area contributed by atoms with Crippen LogP contribution in [0.25, 0.3) is 0 Å². The SMILES string of the molecule is CC(C)[C@@H](C(=O)O)N(C)C(=O)N1CCN(C(=O)[C@H]2CN2C(c2ccccc2)(c2ccccc2)c2ccccc2)[C@@H](C)C1. The normalized spacial score (nSPS) is 21.1. The number of urea groups is 1. The first-order valence-corrected chi connectivity index (χ1v) is 14.7. The largest absolute Gasteiger partial charge is 0.480 e. The molecular weight excluding hydrogens is 528 g/mol. The molecule has 2 aliphatic rings. The van der Waals surface area contributed by atoms with Gasteiger partial charge in [0.15, 0.2) is 0 Å². The molecule has 8 nitrogen and oxygen atoms in total. The van der Waals surface area contributed by atoms with Crippen LogP contribution in [0.15, 0.2) is 91.0 Å². The second-order valence-electron chi connectivity index (χ2n) is 11.7. The number of carbonyl (C=O) groups is 3. The highest BCUT2D eigenvalue weighted by Crippen LogP contribution is 2.48. The Balaban J connectivity index is 1.39. The summed E-state index contributed by atoms with van der Waals surface area (Å²) in [7, 11) is 1.54. The maximum atomic E-state index is 14.1. The number of benzene rings is 3. The van der Waals surface area contributed by atoms with E-state index >= 15 is 0 Å². The number of carboxylic acids is 1. The zero-order valence-electron chi connectivity index (χ0n) is 24.8. The van der Waals surface area contributed by atoms with Crippen molar-refractivity contribution in [3.05, 3.63) is 108 Å². The molecule has 8 heteroatoms. The maximum absolute atomic E-state index is 14.1. The summed E-state index contributed by atoms with van der Waals surface area (Å²) in [5.74, 6) is -1.19. The predicted molar refractivity (Wildman–Crippen MR) is 162 cm³/mol. The topological polar surface area (TPSA) is 84.2 Å². The first-order valence-electron chi connectivity index (χ1n) is 14.7. The minimum Gasteiger partial charge on any atom is -0.480 e. The summed E-state index contributed by atoms with van der Waals surface area (Å²) in [6, 6.07) is 29.3. The Morgan fingerprint density at radius 2 is 1.29 bits per heavy atom. The Hall–Kier alpha value is -4.17. The van der Waals surface area contributed by atoms with E-state index in [-0.39, 0.29) is 29.9 Å². The molecule has 220 valence electrons. The van der Waals surface area contributed by atoms with Crippen molar-refractivity contribution in [3.8, 4) is 0 Å². The quantitative estimate of drug-likeness (QED) is 0.323. The molecule has 0 saturated carbocycles. The molecule has 2 heterocycles. The lowest BCUT2D eigenvalue weighted by Crippen LogP contribution is -2.60. The van der Waals surface area contributed by atoms with Gasteiger partial charge in [-0.3, -0.25) is 9.69 Å². The van der Waals surface area contributed by atoms with E-state index in [4.69, 9.17) is 0 Å². The van der Waals surface area contributed by atoms with Gasteiger partial charge in [-0.05, 0) is 29.5 Å². The lowest BCUT2D eigenvalue weighted by Gasteiger charge is -2.43. The summed E-state index contributed by atoms with van der Waals surface area (Å²) in [6.45, 7) is 7.27. The summed E-state index contributed by atoms with van der Waals surface area (Å²) in [4.78, 5) is 46.3. The Bertz CT molecular complexity index is 1300. The summed E-state index contributed by atoms with van der Waals surface area (Å²) in [5.41, 5.74) is 2.66. The third-order valence-electron chi connectivity index (χ3n) is 8.69. The second kappa shape index (κ2) is 12.0. The van der Waals surface area contributed by atoms with Crippen LogP contribution in [-0.2, 0) is 15.1 Å². The molecule has 3 amide bonds. The van der Waals surface area contributed by atoms with Crippen LogP contribution in [0.3, 0.4) is 0 Å².